The maximum absolute atomic E-state index is 9.65. The van der Waals surface area contributed by atoms with E-state index >= 15 is 0 Å². The number of aliphatic hydroxyl groups is 1. The van der Waals surface area contributed by atoms with Crippen molar-refractivity contribution >= 4 is 37.5 Å². The molecule has 0 aromatic heterocycles. The zero-order valence-corrected chi connectivity index (χ0v) is 14.6. The Balaban J connectivity index is 2.15. The van der Waals surface area contributed by atoms with E-state index in [0.29, 0.717) is 0 Å². The third-order valence-corrected chi connectivity index (χ3v) is 4.42. The Labute approximate surface area is 136 Å². The van der Waals surface area contributed by atoms with Crippen molar-refractivity contribution in [3.05, 3.63) is 62.5 Å². The van der Waals surface area contributed by atoms with Gasteiger partial charge in [-0.2, -0.15) is 0 Å². The fraction of sp³-hybridized carbons (Fsp3) is 0.250. The Morgan fingerprint density at radius 3 is 2.30 bits per heavy atom. The average molecular weight is 399 g/mol. The number of aliphatic hydroxyl groups excluding tert-OH is 1. The lowest BCUT2D eigenvalue weighted by atomic mass is 10.1. The quantitative estimate of drug-likeness (QED) is 0.791. The molecule has 106 valence electrons. The van der Waals surface area contributed by atoms with Gasteiger partial charge in [-0.25, -0.2) is 0 Å². The molecule has 0 saturated heterocycles. The van der Waals surface area contributed by atoms with Crippen LogP contribution in [0.25, 0.3) is 0 Å². The highest BCUT2D eigenvalue weighted by atomic mass is 79.9. The molecule has 20 heavy (non-hydrogen) atoms. The summed E-state index contributed by atoms with van der Waals surface area (Å²) in [6, 6.07) is 14.4. The van der Waals surface area contributed by atoms with E-state index in [2.05, 4.69) is 68.1 Å². The minimum absolute atomic E-state index is 0.463. The predicted octanol–water partition coefficient (Wildman–Crippen LogP) is 4.90. The lowest BCUT2D eigenvalue weighted by molar-refractivity contribution is 0.198. The zero-order chi connectivity index (χ0) is 14.7. The normalized spacial score (nSPS) is 12.2. The number of benzene rings is 2. The number of nitrogens with zero attached hydrogens (tertiary/aromatic N) is 1. The SMILES string of the molecule is C[C@H](O)c1ccc(N(C)Cc2ccc(Br)cc2)cc1Br. The third kappa shape index (κ3) is 3.84. The van der Waals surface area contributed by atoms with Crippen molar-refractivity contribution in [2.24, 2.45) is 0 Å². The van der Waals surface area contributed by atoms with E-state index in [0.717, 1.165) is 26.7 Å². The lowest BCUT2D eigenvalue weighted by Crippen LogP contribution is -2.16. The Bertz CT molecular complexity index is 582. The summed E-state index contributed by atoms with van der Waals surface area (Å²) in [4.78, 5) is 2.18. The Kier molecular flexibility index (Phi) is 5.24. The van der Waals surface area contributed by atoms with Crippen LogP contribution in [-0.4, -0.2) is 12.2 Å². The first-order chi connectivity index (χ1) is 9.47. The number of anilines is 1. The van der Waals surface area contributed by atoms with Gasteiger partial charge in [0, 0.05) is 28.2 Å². The molecule has 0 heterocycles. The van der Waals surface area contributed by atoms with Gasteiger partial charge in [-0.05, 0) is 42.3 Å². The van der Waals surface area contributed by atoms with Crippen molar-refractivity contribution in [3.8, 4) is 0 Å². The van der Waals surface area contributed by atoms with Gasteiger partial charge >= 0.3 is 0 Å². The third-order valence-electron chi connectivity index (χ3n) is 3.21. The van der Waals surface area contributed by atoms with Crippen LogP contribution in [0.15, 0.2) is 51.4 Å². The van der Waals surface area contributed by atoms with Gasteiger partial charge in [0.2, 0.25) is 0 Å². The Hall–Kier alpha value is -0.840. The summed E-state index contributed by atoms with van der Waals surface area (Å²) in [5.41, 5.74) is 3.28. The molecule has 0 fully saturated rings. The van der Waals surface area contributed by atoms with Gasteiger partial charge < -0.3 is 10.0 Å². The first-order valence-electron chi connectivity index (χ1n) is 6.40. The van der Waals surface area contributed by atoms with E-state index in [9.17, 15) is 5.11 Å². The van der Waals surface area contributed by atoms with Crippen LogP contribution in [0.2, 0.25) is 0 Å². The van der Waals surface area contributed by atoms with Crippen molar-refractivity contribution in [2.45, 2.75) is 19.6 Å². The van der Waals surface area contributed by atoms with E-state index < -0.39 is 6.10 Å². The van der Waals surface area contributed by atoms with Crippen LogP contribution < -0.4 is 4.90 Å². The van der Waals surface area contributed by atoms with Crippen molar-refractivity contribution < 1.29 is 5.11 Å². The average Bonchev–Trinajstić information content (AvgIpc) is 2.40. The molecule has 0 saturated carbocycles. The van der Waals surface area contributed by atoms with E-state index in [4.69, 9.17) is 0 Å². The number of rotatable bonds is 4. The van der Waals surface area contributed by atoms with Crippen LogP contribution in [0.5, 0.6) is 0 Å². The Morgan fingerprint density at radius 2 is 1.75 bits per heavy atom. The van der Waals surface area contributed by atoms with Crippen LogP contribution in [-0.2, 0) is 6.54 Å². The van der Waals surface area contributed by atoms with Crippen molar-refractivity contribution in [1.29, 1.82) is 0 Å². The molecule has 0 spiro atoms. The van der Waals surface area contributed by atoms with E-state index in [1.165, 1.54) is 5.56 Å². The molecule has 2 nitrogen and oxygen atoms in total. The second kappa shape index (κ2) is 6.74. The van der Waals surface area contributed by atoms with Crippen LogP contribution in [0, 0.1) is 0 Å². The van der Waals surface area contributed by atoms with Crippen LogP contribution in [0.3, 0.4) is 0 Å². The van der Waals surface area contributed by atoms with Gasteiger partial charge in [0.05, 0.1) is 6.10 Å². The Morgan fingerprint density at radius 1 is 1.10 bits per heavy atom. The number of halogens is 2. The molecule has 4 heteroatoms. The van der Waals surface area contributed by atoms with Crippen LogP contribution in [0.4, 0.5) is 5.69 Å². The van der Waals surface area contributed by atoms with E-state index in [1.54, 1.807) is 6.92 Å². The summed E-state index contributed by atoms with van der Waals surface area (Å²) in [6.45, 7) is 2.61. The number of hydrogen-bond acceptors (Lipinski definition) is 2. The minimum Gasteiger partial charge on any atom is -0.389 e. The largest absolute Gasteiger partial charge is 0.389 e. The molecule has 0 radical (unpaired) electrons. The monoisotopic (exact) mass is 397 g/mol. The maximum Gasteiger partial charge on any atom is 0.0772 e. The highest BCUT2D eigenvalue weighted by Gasteiger charge is 2.09. The highest BCUT2D eigenvalue weighted by Crippen LogP contribution is 2.28. The molecule has 2 aromatic rings. The molecule has 0 amide bonds. The summed E-state index contributed by atoms with van der Waals surface area (Å²) in [5, 5.41) is 9.65. The van der Waals surface area contributed by atoms with Gasteiger partial charge in [-0.15, -0.1) is 0 Å². The van der Waals surface area contributed by atoms with Gasteiger partial charge in [0.15, 0.2) is 0 Å². The van der Waals surface area contributed by atoms with E-state index in [-0.39, 0.29) is 0 Å². The molecular weight excluding hydrogens is 382 g/mol. The molecule has 0 aliphatic rings. The molecule has 0 unspecified atom stereocenters. The maximum atomic E-state index is 9.65. The molecular formula is C16H17Br2NO. The number of hydrogen-bond donors (Lipinski definition) is 1. The van der Waals surface area contributed by atoms with Gasteiger partial charge in [-0.3, -0.25) is 0 Å². The second-order valence-corrected chi connectivity index (χ2v) is 6.63. The topological polar surface area (TPSA) is 23.5 Å². The van der Waals surface area contributed by atoms with Crippen molar-refractivity contribution in [3.63, 3.8) is 0 Å². The zero-order valence-electron chi connectivity index (χ0n) is 11.5. The first kappa shape index (κ1) is 15.5. The van der Waals surface area contributed by atoms with Gasteiger partial charge in [0.1, 0.15) is 0 Å². The molecule has 0 aliphatic carbocycles. The van der Waals surface area contributed by atoms with Crippen molar-refractivity contribution in [2.75, 3.05) is 11.9 Å². The van der Waals surface area contributed by atoms with Crippen molar-refractivity contribution in [1.82, 2.24) is 0 Å². The van der Waals surface area contributed by atoms with Crippen LogP contribution in [0.1, 0.15) is 24.2 Å². The standard InChI is InChI=1S/C16H17Br2NO/c1-11(20)15-8-7-14(9-16(15)18)19(2)10-12-3-5-13(17)6-4-12/h3-9,11,20H,10H2,1-2H3/t11-/m0/s1. The lowest BCUT2D eigenvalue weighted by Gasteiger charge is -2.21. The molecule has 1 atom stereocenters. The summed E-state index contributed by atoms with van der Waals surface area (Å²) >= 11 is 6.96. The molecule has 1 N–H and O–H groups in total. The van der Waals surface area contributed by atoms with Crippen LogP contribution >= 0.6 is 31.9 Å². The molecule has 0 bridgehead atoms. The predicted molar refractivity (Wildman–Crippen MR) is 91.0 cm³/mol. The fourth-order valence-electron chi connectivity index (χ4n) is 2.05. The summed E-state index contributed by atoms with van der Waals surface area (Å²) in [5.74, 6) is 0. The fourth-order valence-corrected chi connectivity index (χ4v) is 3.01. The summed E-state index contributed by atoms with van der Waals surface area (Å²) in [6.07, 6.45) is -0.463. The summed E-state index contributed by atoms with van der Waals surface area (Å²) in [7, 11) is 2.06. The first-order valence-corrected chi connectivity index (χ1v) is 7.99. The summed E-state index contributed by atoms with van der Waals surface area (Å²) < 4.78 is 2.03. The molecule has 0 aliphatic heterocycles. The molecule has 2 rings (SSSR count). The second-order valence-electron chi connectivity index (χ2n) is 4.86. The smallest absolute Gasteiger partial charge is 0.0772 e. The highest BCUT2D eigenvalue weighted by molar-refractivity contribution is 9.10. The van der Waals surface area contributed by atoms with E-state index in [1.807, 2.05) is 18.2 Å². The van der Waals surface area contributed by atoms with Gasteiger partial charge in [0.25, 0.3) is 0 Å². The minimum atomic E-state index is -0.463. The molecule has 2 aromatic carbocycles. The van der Waals surface area contributed by atoms with Gasteiger partial charge in [-0.1, -0.05) is 50.1 Å².